The van der Waals surface area contributed by atoms with Gasteiger partial charge in [0.1, 0.15) is 6.73 Å². The molecule has 0 aliphatic rings. The Labute approximate surface area is 92.5 Å². The monoisotopic (exact) mass is 228 g/mol. The summed E-state index contributed by atoms with van der Waals surface area (Å²) in [5.74, 6) is 0.0819. The van der Waals surface area contributed by atoms with E-state index in [-0.39, 0.29) is 19.3 Å². The summed E-state index contributed by atoms with van der Waals surface area (Å²) in [6, 6.07) is 1.26. The summed E-state index contributed by atoms with van der Waals surface area (Å²) in [5.41, 5.74) is -0.924. The Bertz CT molecular complexity index is 419. The number of aliphatic hydroxyl groups is 1. The molecule has 1 heterocycles. The van der Waals surface area contributed by atoms with E-state index < -0.39 is 11.2 Å². The highest BCUT2D eigenvalue weighted by Crippen LogP contribution is 2.01. The first-order valence-corrected chi connectivity index (χ1v) is 5.15. The summed E-state index contributed by atoms with van der Waals surface area (Å²) in [5, 5.41) is 8.92. The van der Waals surface area contributed by atoms with Crippen molar-refractivity contribution in [2.75, 3.05) is 13.2 Å². The molecule has 6 nitrogen and oxygen atoms in total. The van der Waals surface area contributed by atoms with Crippen molar-refractivity contribution < 1.29 is 9.84 Å². The Balaban J connectivity index is 2.49. The standard InChI is InChI=1S/C10H16N2O4/c1-2-8(5-13)6-16-7-12-4-3-9(14)11-10(12)15/h3-4,8,13H,2,5-7H2,1H3,(H,11,14,15)/t8-/m0/s1. The summed E-state index contributed by atoms with van der Waals surface area (Å²) in [4.78, 5) is 24.1. The van der Waals surface area contributed by atoms with Crippen LogP contribution in [0.5, 0.6) is 0 Å². The Kier molecular flexibility index (Phi) is 4.94. The van der Waals surface area contributed by atoms with Crippen LogP contribution in [0.25, 0.3) is 0 Å². The molecule has 1 atom stereocenters. The molecule has 90 valence electrons. The molecule has 2 N–H and O–H groups in total. The topological polar surface area (TPSA) is 84.3 Å². The van der Waals surface area contributed by atoms with Crippen molar-refractivity contribution in [1.29, 1.82) is 0 Å². The van der Waals surface area contributed by atoms with Gasteiger partial charge in [-0.3, -0.25) is 14.3 Å². The van der Waals surface area contributed by atoms with E-state index in [1.807, 2.05) is 6.92 Å². The van der Waals surface area contributed by atoms with Gasteiger partial charge in [-0.25, -0.2) is 4.79 Å². The number of aliphatic hydroxyl groups excluding tert-OH is 1. The fourth-order valence-electron chi connectivity index (χ4n) is 1.16. The molecule has 0 bridgehead atoms. The minimum Gasteiger partial charge on any atom is -0.396 e. The summed E-state index contributed by atoms with van der Waals surface area (Å²) in [7, 11) is 0. The highest BCUT2D eigenvalue weighted by Gasteiger charge is 2.04. The van der Waals surface area contributed by atoms with Crippen LogP contribution in [-0.2, 0) is 11.5 Å². The van der Waals surface area contributed by atoms with Gasteiger partial charge in [0.05, 0.1) is 6.61 Å². The lowest BCUT2D eigenvalue weighted by Gasteiger charge is -2.12. The first-order chi connectivity index (χ1) is 7.67. The minimum atomic E-state index is -0.496. The van der Waals surface area contributed by atoms with E-state index in [1.165, 1.54) is 16.8 Å². The maximum absolute atomic E-state index is 11.2. The quantitative estimate of drug-likeness (QED) is 0.689. The van der Waals surface area contributed by atoms with Gasteiger partial charge in [0.25, 0.3) is 5.56 Å². The maximum atomic E-state index is 11.2. The summed E-state index contributed by atoms with van der Waals surface area (Å²) < 4.78 is 6.52. The first-order valence-electron chi connectivity index (χ1n) is 5.15. The number of ether oxygens (including phenoxy) is 1. The number of nitrogens with zero attached hydrogens (tertiary/aromatic N) is 1. The number of hydrogen-bond acceptors (Lipinski definition) is 4. The predicted molar refractivity (Wildman–Crippen MR) is 58.1 cm³/mol. The second kappa shape index (κ2) is 6.24. The van der Waals surface area contributed by atoms with E-state index in [1.54, 1.807) is 0 Å². The van der Waals surface area contributed by atoms with Crippen molar-refractivity contribution >= 4 is 0 Å². The van der Waals surface area contributed by atoms with Crippen molar-refractivity contribution in [1.82, 2.24) is 9.55 Å². The zero-order chi connectivity index (χ0) is 12.0. The maximum Gasteiger partial charge on any atom is 0.330 e. The van der Waals surface area contributed by atoms with Gasteiger partial charge in [-0.15, -0.1) is 0 Å². The van der Waals surface area contributed by atoms with Crippen LogP contribution in [0.4, 0.5) is 0 Å². The van der Waals surface area contributed by atoms with Gasteiger partial charge in [0.15, 0.2) is 0 Å². The van der Waals surface area contributed by atoms with Crippen LogP contribution in [0.2, 0.25) is 0 Å². The molecule has 1 aromatic rings. The summed E-state index contributed by atoms with van der Waals surface area (Å²) in [6.07, 6.45) is 2.19. The number of H-pyrrole nitrogens is 1. The average Bonchev–Trinajstić information content (AvgIpc) is 2.27. The summed E-state index contributed by atoms with van der Waals surface area (Å²) >= 11 is 0. The molecule has 1 rings (SSSR count). The predicted octanol–water partition coefficient (Wildman–Crippen LogP) is -0.471. The van der Waals surface area contributed by atoms with E-state index in [4.69, 9.17) is 9.84 Å². The van der Waals surface area contributed by atoms with Gasteiger partial charge in [0, 0.05) is 24.8 Å². The smallest absolute Gasteiger partial charge is 0.330 e. The van der Waals surface area contributed by atoms with Crippen molar-refractivity contribution in [2.24, 2.45) is 5.92 Å². The van der Waals surface area contributed by atoms with E-state index in [0.717, 1.165) is 6.42 Å². The van der Waals surface area contributed by atoms with E-state index in [2.05, 4.69) is 4.98 Å². The molecule has 0 aromatic carbocycles. The Morgan fingerprint density at radius 3 is 2.88 bits per heavy atom. The molecule has 16 heavy (non-hydrogen) atoms. The number of rotatable bonds is 6. The van der Waals surface area contributed by atoms with Crippen LogP contribution in [0, 0.1) is 5.92 Å². The van der Waals surface area contributed by atoms with Gasteiger partial charge < -0.3 is 9.84 Å². The van der Waals surface area contributed by atoms with Crippen molar-refractivity contribution in [2.45, 2.75) is 20.1 Å². The van der Waals surface area contributed by atoms with Crippen LogP contribution in [0.15, 0.2) is 21.9 Å². The lowest BCUT2D eigenvalue weighted by Crippen LogP contribution is -2.29. The molecule has 0 saturated heterocycles. The fourth-order valence-corrected chi connectivity index (χ4v) is 1.16. The highest BCUT2D eigenvalue weighted by molar-refractivity contribution is 4.81. The molecular formula is C10H16N2O4. The van der Waals surface area contributed by atoms with Crippen molar-refractivity contribution in [3.05, 3.63) is 33.1 Å². The molecule has 0 aliphatic carbocycles. The summed E-state index contributed by atoms with van der Waals surface area (Å²) in [6.45, 7) is 2.48. The van der Waals surface area contributed by atoms with Gasteiger partial charge >= 0.3 is 5.69 Å². The van der Waals surface area contributed by atoms with Crippen LogP contribution in [0.3, 0.4) is 0 Å². The second-order valence-corrected chi connectivity index (χ2v) is 3.54. The normalized spacial score (nSPS) is 12.6. The van der Waals surface area contributed by atoms with E-state index in [9.17, 15) is 9.59 Å². The molecule has 1 aromatic heterocycles. The molecule has 0 unspecified atom stereocenters. The van der Waals surface area contributed by atoms with Gasteiger partial charge in [-0.05, 0) is 6.42 Å². The van der Waals surface area contributed by atoms with Gasteiger partial charge in [-0.1, -0.05) is 6.92 Å². The van der Waals surface area contributed by atoms with Crippen LogP contribution < -0.4 is 11.2 Å². The number of aromatic amines is 1. The molecular weight excluding hydrogens is 212 g/mol. The lowest BCUT2D eigenvalue weighted by atomic mass is 10.1. The highest BCUT2D eigenvalue weighted by atomic mass is 16.5. The Morgan fingerprint density at radius 1 is 1.56 bits per heavy atom. The molecule has 0 aliphatic heterocycles. The number of hydrogen-bond donors (Lipinski definition) is 2. The SMILES string of the molecule is CC[C@@H](CO)COCn1ccc(=O)[nH]c1=O. The third kappa shape index (κ3) is 3.63. The minimum absolute atomic E-state index is 0.0665. The van der Waals surface area contributed by atoms with Crippen LogP contribution in [0.1, 0.15) is 13.3 Å². The Morgan fingerprint density at radius 2 is 2.31 bits per heavy atom. The van der Waals surface area contributed by atoms with Gasteiger partial charge in [-0.2, -0.15) is 0 Å². The zero-order valence-corrected chi connectivity index (χ0v) is 9.18. The second-order valence-electron chi connectivity index (χ2n) is 3.54. The Hall–Kier alpha value is -1.40. The molecule has 0 amide bonds. The largest absolute Gasteiger partial charge is 0.396 e. The zero-order valence-electron chi connectivity index (χ0n) is 9.18. The molecule has 6 heteroatoms. The third-order valence-electron chi connectivity index (χ3n) is 2.32. The average molecular weight is 228 g/mol. The molecule has 0 spiro atoms. The third-order valence-corrected chi connectivity index (χ3v) is 2.32. The molecule has 0 fully saturated rings. The van der Waals surface area contributed by atoms with Crippen molar-refractivity contribution in [3.8, 4) is 0 Å². The number of aromatic nitrogens is 2. The van der Waals surface area contributed by atoms with Crippen LogP contribution >= 0.6 is 0 Å². The fraction of sp³-hybridized carbons (Fsp3) is 0.600. The van der Waals surface area contributed by atoms with E-state index >= 15 is 0 Å². The molecule has 0 radical (unpaired) electrons. The lowest BCUT2D eigenvalue weighted by molar-refractivity contribution is 0.0296. The first kappa shape index (κ1) is 12.7. The van der Waals surface area contributed by atoms with Crippen LogP contribution in [-0.4, -0.2) is 27.9 Å². The van der Waals surface area contributed by atoms with Crippen molar-refractivity contribution in [3.63, 3.8) is 0 Å². The molecule has 0 saturated carbocycles. The number of nitrogens with one attached hydrogen (secondary N) is 1. The van der Waals surface area contributed by atoms with Gasteiger partial charge in [0.2, 0.25) is 0 Å². The van der Waals surface area contributed by atoms with E-state index in [0.29, 0.717) is 6.61 Å².